The van der Waals surface area contributed by atoms with Gasteiger partial charge in [0, 0.05) is 33.3 Å². The molecule has 0 bridgehead atoms. The van der Waals surface area contributed by atoms with E-state index in [0.717, 1.165) is 20.8 Å². The van der Waals surface area contributed by atoms with Crippen LogP contribution in [-0.2, 0) is 49.5 Å². The van der Waals surface area contributed by atoms with E-state index in [-0.39, 0.29) is 19.0 Å². The van der Waals surface area contributed by atoms with E-state index in [1.165, 1.54) is 6.92 Å². The molecule has 176 valence electrons. The maximum absolute atomic E-state index is 11.8. The Morgan fingerprint density at radius 3 is 1.97 bits per heavy atom. The smallest absolute Gasteiger partial charge is 0.303 e. The van der Waals surface area contributed by atoms with Crippen molar-refractivity contribution >= 4 is 23.9 Å². The summed E-state index contributed by atoms with van der Waals surface area (Å²) in [4.78, 5) is 46.7. The van der Waals surface area contributed by atoms with Gasteiger partial charge in [-0.05, 0) is 6.07 Å². The van der Waals surface area contributed by atoms with Gasteiger partial charge in [-0.2, -0.15) is 0 Å². The molecular weight excluding hydrogens is 428 g/mol. The minimum atomic E-state index is -1.36. The summed E-state index contributed by atoms with van der Waals surface area (Å²) in [5, 5.41) is 9.58. The van der Waals surface area contributed by atoms with E-state index in [1.54, 1.807) is 24.3 Å². The van der Waals surface area contributed by atoms with Crippen LogP contribution in [0.15, 0.2) is 24.3 Å². The van der Waals surface area contributed by atoms with Crippen molar-refractivity contribution in [2.24, 2.45) is 0 Å². The number of hydrogen-bond acceptors (Lipinski definition) is 11. The number of esters is 4. The second-order valence-electron chi connectivity index (χ2n) is 6.95. The average molecular weight is 454 g/mol. The first-order valence-corrected chi connectivity index (χ1v) is 9.78. The van der Waals surface area contributed by atoms with Gasteiger partial charge in [0.25, 0.3) is 0 Å². The summed E-state index contributed by atoms with van der Waals surface area (Å²) in [5.74, 6) is -2.61. The molecule has 1 aromatic rings. The lowest BCUT2D eigenvalue weighted by molar-refractivity contribution is -0.288. The fraction of sp³-hybridized carbons (Fsp3) is 0.524. The zero-order chi connectivity index (χ0) is 23.8. The van der Waals surface area contributed by atoms with Crippen LogP contribution in [0.2, 0.25) is 0 Å². The van der Waals surface area contributed by atoms with E-state index in [9.17, 15) is 24.3 Å². The molecule has 0 spiro atoms. The first-order chi connectivity index (χ1) is 15.1. The minimum Gasteiger partial charge on any atom is -0.463 e. The number of rotatable bonds is 8. The molecule has 0 saturated carbocycles. The lowest BCUT2D eigenvalue weighted by Gasteiger charge is -2.44. The molecule has 1 aliphatic rings. The van der Waals surface area contributed by atoms with Crippen LogP contribution < -0.4 is 4.74 Å². The second-order valence-corrected chi connectivity index (χ2v) is 6.95. The van der Waals surface area contributed by atoms with Gasteiger partial charge in [-0.15, -0.1) is 0 Å². The van der Waals surface area contributed by atoms with Crippen LogP contribution in [0.25, 0.3) is 0 Å². The highest BCUT2D eigenvalue weighted by Crippen LogP contribution is 2.32. The van der Waals surface area contributed by atoms with Gasteiger partial charge in [0.1, 0.15) is 18.5 Å². The van der Waals surface area contributed by atoms with Crippen LogP contribution in [-0.4, -0.2) is 66.3 Å². The monoisotopic (exact) mass is 454 g/mol. The Balaban J connectivity index is 2.48. The molecule has 1 fully saturated rings. The van der Waals surface area contributed by atoms with E-state index in [4.69, 9.17) is 28.4 Å². The molecule has 2 rings (SSSR count). The van der Waals surface area contributed by atoms with Gasteiger partial charge in [-0.1, -0.05) is 18.2 Å². The summed E-state index contributed by atoms with van der Waals surface area (Å²) in [6.07, 6.45) is -6.43. The fourth-order valence-corrected chi connectivity index (χ4v) is 3.16. The largest absolute Gasteiger partial charge is 0.463 e. The van der Waals surface area contributed by atoms with E-state index >= 15 is 0 Å². The highest BCUT2D eigenvalue weighted by Gasteiger charge is 2.53. The fourth-order valence-electron chi connectivity index (χ4n) is 3.16. The molecule has 5 atom stereocenters. The maximum Gasteiger partial charge on any atom is 0.303 e. The Morgan fingerprint density at radius 1 is 0.844 bits per heavy atom. The topological polar surface area (TPSA) is 144 Å². The molecule has 1 aromatic carbocycles. The van der Waals surface area contributed by atoms with Gasteiger partial charge in [-0.25, -0.2) is 0 Å². The maximum atomic E-state index is 11.8. The first kappa shape index (κ1) is 25.1. The van der Waals surface area contributed by atoms with Crippen LogP contribution in [0.5, 0.6) is 5.75 Å². The van der Waals surface area contributed by atoms with Gasteiger partial charge in [-0.3, -0.25) is 19.2 Å². The molecule has 0 aromatic heterocycles. The lowest BCUT2D eigenvalue weighted by Crippen LogP contribution is -2.63. The Kier molecular flexibility index (Phi) is 8.97. The molecule has 11 heteroatoms. The molecule has 1 aliphatic heterocycles. The summed E-state index contributed by atoms with van der Waals surface area (Å²) >= 11 is 0. The minimum absolute atomic E-state index is 0.218. The summed E-state index contributed by atoms with van der Waals surface area (Å²) in [7, 11) is 0. The summed E-state index contributed by atoms with van der Waals surface area (Å²) in [6.45, 7) is 3.87. The van der Waals surface area contributed by atoms with E-state index in [2.05, 4.69) is 0 Å². The third kappa shape index (κ3) is 6.92. The highest BCUT2D eigenvalue weighted by atomic mass is 16.7. The number of carbonyl (C=O) groups excluding carboxylic acids is 4. The van der Waals surface area contributed by atoms with Crippen molar-refractivity contribution in [2.45, 2.75) is 65.0 Å². The van der Waals surface area contributed by atoms with Gasteiger partial charge < -0.3 is 33.5 Å². The molecule has 1 saturated heterocycles. The standard InChI is InChI=1S/C21H26O11/c1-11(23)27-10-17-18(28-12(2)24)19(29-13(3)25)20(30-14(4)26)21(32-17)31-16-8-6-5-7-15(16)9-22/h5-8,17-22H,9-10H2,1-4H3/t17-,18+,19+,20-,21+/m1/s1. The van der Waals surface area contributed by atoms with Crippen molar-refractivity contribution in [2.75, 3.05) is 6.61 Å². The highest BCUT2D eigenvalue weighted by molar-refractivity contribution is 5.68. The van der Waals surface area contributed by atoms with Crippen molar-refractivity contribution in [3.8, 4) is 5.75 Å². The third-order valence-electron chi connectivity index (χ3n) is 4.33. The predicted octanol–water partition coefficient (Wildman–Crippen LogP) is 0.641. The van der Waals surface area contributed by atoms with Crippen LogP contribution >= 0.6 is 0 Å². The molecule has 32 heavy (non-hydrogen) atoms. The number of hydrogen-bond donors (Lipinski definition) is 1. The lowest BCUT2D eigenvalue weighted by atomic mass is 9.98. The van der Waals surface area contributed by atoms with Crippen molar-refractivity contribution in [1.82, 2.24) is 0 Å². The van der Waals surface area contributed by atoms with E-state index in [0.29, 0.717) is 5.56 Å². The zero-order valence-electron chi connectivity index (χ0n) is 18.1. The molecule has 1 heterocycles. The SMILES string of the molecule is CC(=O)OC[C@H]1O[C@H](Oc2ccccc2CO)[C@H](OC(C)=O)[C@@H](OC(C)=O)[C@H]1OC(C)=O. The summed E-state index contributed by atoms with van der Waals surface area (Å²) < 4.78 is 32.7. The van der Waals surface area contributed by atoms with Crippen LogP contribution in [0, 0.1) is 0 Å². The van der Waals surface area contributed by atoms with Crippen LogP contribution in [0.1, 0.15) is 33.3 Å². The van der Waals surface area contributed by atoms with Gasteiger partial charge in [0.2, 0.25) is 12.4 Å². The average Bonchev–Trinajstić information content (AvgIpc) is 2.70. The quantitative estimate of drug-likeness (QED) is 0.436. The Labute approximate surface area is 184 Å². The van der Waals surface area contributed by atoms with E-state index in [1.807, 2.05) is 0 Å². The van der Waals surface area contributed by atoms with Gasteiger partial charge in [0.15, 0.2) is 12.2 Å². The molecule has 0 aliphatic carbocycles. The van der Waals surface area contributed by atoms with Gasteiger partial charge >= 0.3 is 23.9 Å². The van der Waals surface area contributed by atoms with E-state index < -0.39 is 54.6 Å². The molecule has 0 unspecified atom stereocenters. The van der Waals surface area contributed by atoms with Crippen molar-refractivity contribution in [1.29, 1.82) is 0 Å². The molecule has 0 amide bonds. The number of aliphatic hydroxyl groups is 1. The summed E-state index contributed by atoms with van der Waals surface area (Å²) in [6, 6.07) is 6.51. The first-order valence-electron chi connectivity index (χ1n) is 9.78. The van der Waals surface area contributed by atoms with Crippen molar-refractivity contribution < 1.29 is 52.7 Å². The molecule has 11 nitrogen and oxygen atoms in total. The predicted molar refractivity (Wildman–Crippen MR) is 105 cm³/mol. The van der Waals surface area contributed by atoms with Crippen molar-refractivity contribution in [3.63, 3.8) is 0 Å². The van der Waals surface area contributed by atoms with Crippen LogP contribution in [0.4, 0.5) is 0 Å². The molecule has 0 radical (unpaired) electrons. The number of carbonyl (C=O) groups is 4. The Hall–Kier alpha value is -3.18. The van der Waals surface area contributed by atoms with Crippen molar-refractivity contribution in [3.05, 3.63) is 29.8 Å². The molecule has 1 N–H and O–H groups in total. The number of aliphatic hydroxyl groups excluding tert-OH is 1. The van der Waals surface area contributed by atoms with Gasteiger partial charge in [0.05, 0.1) is 6.61 Å². The third-order valence-corrected chi connectivity index (χ3v) is 4.33. The Bertz CT molecular complexity index is 837. The number of benzene rings is 1. The molecular formula is C21H26O11. The zero-order valence-corrected chi connectivity index (χ0v) is 18.1. The summed E-state index contributed by atoms with van der Waals surface area (Å²) in [5.41, 5.74) is 0.417. The normalized spacial score (nSPS) is 24.7. The second kappa shape index (κ2) is 11.4. The number of para-hydroxylation sites is 1. The van der Waals surface area contributed by atoms with Crippen LogP contribution in [0.3, 0.4) is 0 Å². The number of ether oxygens (including phenoxy) is 6. The Morgan fingerprint density at radius 2 is 1.41 bits per heavy atom.